The predicted octanol–water partition coefficient (Wildman–Crippen LogP) is 0.972. The van der Waals surface area contributed by atoms with Gasteiger partial charge in [0.2, 0.25) is 0 Å². The zero-order chi connectivity index (χ0) is 11.3. The standard InChI is InChI=1S/C7H9ClO6/c1-3(2)5(11)13-6(4(9)10)14-7(8)12/h3,6H,1-2H3,(H,9,10). The van der Waals surface area contributed by atoms with Crippen LogP contribution in [0.5, 0.6) is 0 Å². The van der Waals surface area contributed by atoms with Crippen LogP contribution in [0.25, 0.3) is 0 Å². The van der Waals surface area contributed by atoms with E-state index in [9.17, 15) is 14.4 Å². The Hall–Kier alpha value is -1.30. The lowest BCUT2D eigenvalue weighted by atomic mass is 10.2. The maximum absolute atomic E-state index is 10.9. The Morgan fingerprint density at radius 3 is 2.00 bits per heavy atom. The summed E-state index contributed by atoms with van der Waals surface area (Å²) >= 11 is 4.76. The molecule has 0 radical (unpaired) electrons. The van der Waals surface area contributed by atoms with Crippen molar-refractivity contribution in [1.82, 2.24) is 0 Å². The molecule has 0 aromatic heterocycles. The molecule has 0 rings (SSSR count). The molecule has 0 aliphatic carbocycles. The topological polar surface area (TPSA) is 89.9 Å². The first kappa shape index (κ1) is 12.7. The number of hydrogen-bond acceptors (Lipinski definition) is 5. The normalized spacial score (nSPS) is 12.0. The van der Waals surface area contributed by atoms with E-state index in [0.717, 1.165) is 0 Å². The van der Waals surface area contributed by atoms with E-state index in [2.05, 4.69) is 9.47 Å². The Morgan fingerprint density at radius 1 is 1.21 bits per heavy atom. The molecule has 0 fully saturated rings. The van der Waals surface area contributed by atoms with E-state index in [1.807, 2.05) is 0 Å². The molecular weight excluding hydrogens is 216 g/mol. The van der Waals surface area contributed by atoms with Crippen molar-refractivity contribution in [2.24, 2.45) is 5.92 Å². The molecule has 0 heterocycles. The van der Waals surface area contributed by atoms with Gasteiger partial charge in [-0.25, -0.2) is 9.59 Å². The van der Waals surface area contributed by atoms with Crippen LogP contribution in [-0.4, -0.2) is 28.8 Å². The Morgan fingerprint density at radius 2 is 1.71 bits per heavy atom. The average Bonchev–Trinajstić information content (AvgIpc) is 2.01. The minimum absolute atomic E-state index is 0.522. The van der Waals surface area contributed by atoms with Gasteiger partial charge in [0.1, 0.15) is 0 Å². The van der Waals surface area contributed by atoms with Crippen molar-refractivity contribution in [3.8, 4) is 0 Å². The SMILES string of the molecule is CC(C)C(=O)OC(OC(=O)Cl)C(=O)O. The van der Waals surface area contributed by atoms with Crippen molar-refractivity contribution >= 4 is 29.0 Å². The van der Waals surface area contributed by atoms with Crippen LogP contribution in [0.2, 0.25) is 0 Å². The van der Waals surface area contributed by atoms with Crippen molar-refractivity contribution in [3.63, 3.8) is 0 Å². The quantitative estimate of drug-likeness (QED) is 0.435. The van der Waals surface area contributed by atoms with E-state index in [4.69, 9.17) is 16.7 Å². The van der Waals surface area contributed by atoms with Crippen molar-refractivity contribution in [2.45, 2.75) is 20.1 Å². The monoisotopic (exact) mass is 224 g/mol. The van der Waals surface area contributed by atoms with E-state index in [0.29, 0.717) is 0 Å². The summed E-state index contributed by atoms with van der Waals surface area (Å²) in [6, 6.07) is 0. The van der Waals surface area contributed by atoms with Crippen LogP contribution in [0, 0.1) is 5.92 Å². The van der Waals surface area contributed by atoms with Gasteiger partial charge in [-0.05, 0) is 0 Å². The van der Waals surface area contributed by atoms with Crippen LogP contribution in [0.4, 0.5) is 4.79 Å². The second-order valence-electron chi connectivity index (χ2n) is 2.62. The first-order valence-corrected chi connectivity index (χ1v) is 4.01. The average molecular weight is 225 g/mol. The van der Waals surface area contributed by atoms with E-state index in [1.54, 1.807) is 0 Å². The van der Waals surface area contributed by atoms with E-state index in [-0.39, 0.29) is 0 Å². The number of carbonyl (C=O) groups excluding carboxylic acids is 2. The minimum Gasteiger partial charge on any atom is -0.476 e. The summed E-state index contributed by atoms with van der Waals surface area (Å²) in [5.74, 6) is -2.92. The molecule has 7 heteroatoms. The molecule has 6 nitrogen and oxygen atoms in total. The fourth-order valence-electron chi connectivity index (χ4n) is 0.451. The van der Waals surface area contributed by atoms with Crippen LogP contribution in [-0.2, 0) is 19.1 Å². The highest BCUT2D eigenvalue weighted by Crippen LogP contribution is 2.04. The summed E-state index contributed by atoms with van der Waals surface area (Å²) in [4.78, 5) is 31.5. The predicted molar refractivity (Wildman–Crippen MR) is 44.7 cm³/mol. The number of halogens is 1. The molecule has 0 saturated carbocycles. The van der Waals surface area contributed by atoms with Crippen LogP contribution in [0.1, 0.15) is 13.8 Å². The third kappa shape index (κ3) is 4.66. The number of aliphatic carboxylic acids is 1. The molecule has 1 N–H and O–H groups in total. The van der Waals surface area contributed by atoms with Gasteiger partial charge < -0.3 is 14.6 Å². The number of ether oxygens (including phenoxy) is 2. The lowest BCUT2D eigenvalue weighted by Crippen LogP contribution is -2.32. The molecule has 14 heavy (non-hydrogen) atoms. The lowest BCUT2D eigenvalue weighted by molar-refractivity contribution is -0.187. The summed E-state index contributed by atoms with van der Waals surface area (Å²) in [6.07, 6.45) is -1.99. The van der Waals surface area contributed by atoms with Gasteiger partial charge >= 0.3 is 23.7 Å². The second kappa shape index (κ2) is 5.43. The van der Waals surface area contributed by atoms with Crippen molar-refractivity contribution < 1.29 is 29.0 Å². The van der Waals surface area contributed by atoms with E-state index < -0.39 is 29.6 Å². The second-order valence-corrected chi connectivity index (χ2v) is 2.93. The highest BCUT2D eigenvalue weighted by atomic mass is 35.5. The summed E-state index contributed by atoms with van der Waals surface area (Å²) in [5.41, 5.74) is -1.35. The third-order valence-electron chi connectivity index (χ3n) is 1.10. The molecular formula is C7H9ClO6. The molecule has 1 unspecified atom stereocenters. The highest BCUT2D eigenvalue weighted by molar-refractivity contribution is 6.61. The van der Waals surface area contributed by atoms with E-state index >= 15 is 0 Å². The van der Waals surface area contributed by atoms with E-state index in [1.165, 1.54) is 13.8 Å². The van der Waals surface area contributed by atoms with Gasteiger partial charge in [0.25, 0.3) is 0 Å². The minimum atomic E-state index is -1.99. The maximum Gasteiger partial charge on any atom is 0.407 e. The number of carboxylic acids is 1. The summed E-state index contributed by atoms with van der Waals surface area (Å²) in [7, 11) is 0. The zero-order valence-corrected chi connectivity index (χ0v) is 8.28. The number of rotatable bonds is 4. The molecule has 0 bridgehead atoms. The Labute approximate surface area is 84.7 Å². The fraction of sp³-hybridized carbons (Fsp3) is 0.571. The molecule has 0 aliphatic heterocycles. The fourth-order valence-corrected chi connectivity index (χ4v) is 0.532. The Balaban J connectivity index is 4.31. The molecule has 80 valence electrons. The van der Waals surface area contributed by atoms with Crippen molar-refractivity contribution in [3.05, 3.63) is 0 Å². The zero-order valence-electron chi connectivity index (χ0n) is 7.52. The first-order chi connectivity index (χ1) is 6.34. The molecule has 0 aromatic rings. The molecule has 0 amide bonds. The van der Waals surface area contributed by atoms with Gasteiger partial charge in [0.05, 0.1) is 5.92 Å². The highest BCUT2D eigenvalue weighted by Gasteiger charge is 2.26. The lowest BCUT2D eigenvalue weighted by Gasteiger charge is -2.13. The largest absolute Gasteiger partial charge is 0.476 e. The Kier molecular flexibility index (Phi) is 4.93. The van der Waals surface area contributed by atoms with Gasteiger partial charge in [0.15, 0.2) is 0 Å². The molecule has 0 aromatic carbocycles. The van der Waals surface area contributed by atoms with Crippen LogP contribution in [0.15, 0.2) is 0 Å². The summed E-state index contributed by atoms with van der Waals surface area (Å²) < 4.78 is 8.33. The van der Waals surface area contributed by atoms with Gasteiger partial charge in [-0.3, -0.25) is 4.79 Å². The summed E-state index contributed by atoms with van der Waals surface area (Å²) in [5, 5.41) is 8.44. The summed E-state index contributed by atoms with van der Waals surface area (Å²) in [6.45, 7) is 3.01. The maximum atomic E-state index is 10.9. The molecule has 0 saturated heterocycles. The number of hydrogen-bond donors (Lipinski definition) is 1. The molecule has 1 atom stereocenters. The van der Waals surface area contributed by atoms with Gasteiger partial charge in [-0.1, -0.05) is 13.8 Å². The number of esters is 1. The van der Waals surface area contributed by atoms with Gasteiger partial charge in [0, 0.05) is 11.6 Å². The van der Waals surface area contributed by atoms with Crippen molar-refractivity contribution in [2.75, 3.05) is 0 Å². The van der Waals surface area contributed by atoms with Crippen LogP contribution in [0.3, 0.4) is 0 Å². The number of carboxylic acid groups (broad SMARTS) is 1. The number of carbonyl (C=O) groups is 3. The van der Waals surface area contributed by atoms with Gasteiger partial charge in [-0.2, -0.15) is 0 Å². The van der Waals surface area contributed by atoms with Crippen LogP contribution >= 0.6 is 11.6 Å². The smallest absolute Gasteiger partial charge is 0.407 e. The third-order valence-corrected chi connectivity index (χ3v) is 1.19. The van der Waals surface area contributed by atoms with Crippen LogP contribution < -0.4 is 0 Å². The first-order valence-electron chi connectivity index (χ1n) is 3.64. The molecule has 0 aliphatic rings. The van der Waals surface area contributed by atoms with Gasteiger partial charge in [-0.15, -0.1) is 0 Å². The van der Waals surface area contributed by atoms with Crippen molar-refractivity contribution in [1.29, 1.82) is 0 Å². The molecule has 0 spiro atoms. The Bertz CT molecular complexity index is 249.